The van der Waals surface area contributed by atoms with Crippen LogP contribution in [0.3, 0.4) is 0 Å². The van der Waals surface area contributed by atoms with Crippen LogP contribution in [0.4, 0.5) is 4.39 Å². The first kappa shape index (κ1) is 22.5. The van der Waals surface area contributed by atoms with Gasteiger partial charge in [-0.3, -0.25) is 4.79 Å². The Labute approximate surface area is 195 Å². The van der Waals surface area contributed by atoms with Crippen LogP contribution in [0.5, 0.6) is 0 Å². The lowest BCUT2D eigenvalue weighted by Gasteiger charge is -2.34. The van der Waals surface area contributed by atoms with Gasteiger partial charge in [0.25, 0.3) is 0 Å². The molecule has 1 aliphatic heterocycles. The van der Waals surface area contributed by atoms with Crippen molar-refractivity contribution in [1.29, 1.82) is 0 Å². The quantitative estimate of drug-likeness (QED) is 0.633. The topological polar surface area (TPSA) is 57.7 Å². The van der Waals surface area contributed by atoms with Crippen LogP contribution in [0.2, 0.25) is 0 Å². The largest absolute Gasteiger partial charge is 0.335 e. The Balaban J connectivity index is 1.24. The van der Waals surface area contributed by atoms with Crippen LogP contribution in [-0.2, 0) is 34.2 Å². The van der Waals surface area contributed by atoms with Gasteiger partial charge in [0.2, 0.25) is 15.9 Å². The zero-order valence-electron chi connectivity index (χ0n) is 18.9. The molecule has 1 amide bonds. The van der Waals surface area contributed by atoms with E-state index in [9.17, 15) is 17.6 Å². The molecule has 176 valence electrons. The van der Waals surface area contributed by atoms with Crippen LogP contribution in [0.1, 0.15) is 55.2 Å². The van der Waals surface area contributed by atoms with Crippen molar-refractivity contribution in [3.63, 3.8) is 0 Å². The molecule has 2 aromatic rings. The molecule has 2 aliphatic carbocycles. The number of halogens is 1. The van der Waals surface area contributed by atoms with E-state index in [4.69, 9.17) is 0 Å². The van der Waals surface area contributed by atoms with Crippen LogP contribution in [0, 0.1) is 11.7 Å². The molecule has 2 fully saturated rings. The van der Waals surface area contributed by atoms with Gasteiger partial charge in [0.05, 0.1) is 4.90 Å². The average Bonchev–Trinajstić information content (AvgIpc) is 3.68. The number of fused-ring (bicyclic) bond motifs is 1. The summed E-state index contributed by atoms with van der Waals surface area (Å²) in [5.41, 5.74) is 3.35. The number of aryl methyl sites for hydroxylation is 2. The van der Waals surface area contributed by atoms with Gasteiger partial charge >= 0.3 is 0 Å². The molecule has 5 rings (SSSR count). The first-order valence-electron chi connectivity index (χ1n) is 12.1. The Hall–Kier alpha value is -2.25. The maximum Gasteiger partial charge on any atom is 0.243 e. The first-order valence-corrected chi connectivity index (χ1v) is 13.5. The van der Waals surface area contributed by atoms with Crippen molar-refractivity contribution >= 4 is 15.9 Å². The highest BCUT2D eigenvalue weighted by Crippen LogP contribution is 2.33. The zero-order valence-corrected chi connectivity index (χ0v) is 19.7. The number of amides is 1. The second kappa shape index (κ2) is 9.18. The van der Waals surface area contributed by atoms with Crippen LogP contribution in [-0.4, -0.2) is 42.7 Å². The van der Waals surface area contributed by atoms with Crippen molar-refractivity contribution in [2.24, 2.45) is 5.92 Å². The predicted octanol–water partition coefficient (Wildman–Crippen LogP) is 4.30. The smallest absolute Gasteiger partial charge is 0.243 e. The molecule has 1 saturated heterocycles. The maximum absolute atomic E-state index is 13.3. The Morgan fingerprint density at radius 3 is 2.27 bits per heavy atom. The normalized spacial score (nSPS) is 19.8. The molecule has 0 radical (unpaired) electrons. The third kappa shape index (κ3) is 4.85. The third-order valence-electron chi connectivity index (χ3n) is 7.30. The minimum Gasteiger partial charge on any atom is -0.335 e. The highest BCUT2D eigenvalue weighted by molar-refractivity contribution is 7.89. The first-order chi connectivity index (χ1) is 15.9. The summed E-state index contributed by atoms with van der Waals surface area (Å²) < 4.78 is 41.3. The van der Waals surface area contributed by atoms with Crippen molar-refractivity contribution in [3.05, 3.63) is 65.0 Å². The van der Waals surface area contributed by atoms with Crippen molar-refractivity contribution in [3.8, 4) is 0 Å². The summed E-state index contributed by atoms with van der Waals surface area (Å²) in [5.74, 6) is -0.343. The number of hydrogen-bond donors (Lipinski definition) is 0. The van der Waals surface area contributed by atoms with E-state index in [0.717, 1.165) is 43.2 Å². The lowest BCUT2D eigenvalue weighted by molar-refractivity contribution is -0.138. The van der Waals surface area contributed by atoms with Gasteiger partial charge in [-0.05, 0) is 92.3 Å². The van der Waals surface area contributed by atoms with Crippen LogP contribution in [0.15, 0.2) is 47.4 Å². The molecule has 1 heterocycles. The van der Waals surface area contributed by atoms with Gasteiger partial charge < -0.3 is 4.90 Å². The summed E-state index contributed by atoms with van der Waals surface area (Å²) >= 11 is 0. The number of piperidine rings is 1. The minimum atomic E-state index is -3.55. The lowest BCUT2D eigenvalue weighted by Crippen LogP contribution is -2.44. The van der Waals surface area contributed by atoms with Crippen LogP contribution < -0.4 is 0 Å². The molecule has 7 heteroatoms. The summed E-state index contributed by atoms with van der Waals surface area (Å²) in [4.78, 5) is 15.6. The fourth-order valence-corrected chi connectivity index (χ4v) is 6.68. The predicted molar refractivity (Wildman–Crippen MR) is 125 cm³/mol. The second-order valence-corrected chi connectivity index (χ2v) is 11.6. The molecule has 33 heavy (non-hydrogen) atoms. The van der Waals surface area contributed by atoms with Crippen molar-refractivity contribution in [2.75, 3.05) is 13.1 Å². The highest BCUT2D eigenvalue weighted by Gasteiger charge is 2.38. The van der Waals surface area contributed by atoms with Crippen LogP contribution in [0.25, 0.3) is 0 Å². The van der Waals surface area contributed by atoms with Crippen molar-refractivity contribution in [1.82, 2.24) is 9.21 Å². The molecular weight excluding hydrogens is 439 g/mol. The van der Waals surface area contributed by atoms with Gasteiger partial charge in [0.1, 0.15) is 5.82 Å². The maximum atomic E-state index is 13.3. The number of rotatable bonds is 6. The van der Waals surface area contributed by atoms with E-state index in [1.165, 1.54) is 24.1 Å². The standard InChI is InChI=1S/C26H31FN2O3S/c27-23-8-5-19(6-9-23)18-29(24-10-11-24)26(30)21-13-15-28(16-14-21)33(31,32)25-12-7-20-3-1-2-4-22(20)17-25/h5-9,12,17,21,24H,1-4,10-11,13-16,18H2. The van der Waals surface area contributed by atoms with E-state index >= 15 is 0 Å². The fraction of sp³-hybridized carbons (Fsp3) is 0.500. The van der Waals surface area contributed by atoms with E-state index in [1.807, 2.05) is 17.0 Å². The van der Waals surface area contributed by atoms with Gasteiger partial charge in [-0.2, -0.15) is 4.31 Å². The molecule has 0 unspecified atom stereocenters. The second-order valence-electron chi connectivity index (χ2n) is 9.64. The highest BCUT2D eigenvalue weighted by atomic mass is 32.2. The Morgan fingerprint density at radius 2 is 1.61 bits per heavy atom. The van der Waals surface area contributed by atoms with Gasteiger partial charge in [-0.25, -0.2) is 12.8 Å². The summed E-state index contributed by atoms with van der Waals surface area (Å²) in [6, 6.07) is 12.1. The molecule has 0 bridgehead atoms. The summed E-state index contributed by atoms with van der Waals surface area (Å²) in [6.07, 6.45) is 7.32. The van der Waals surface area contributed by atoms with E-state index in [2.05, 4.69) is 0 Å². The van der Waals surface area contributed by atoms with Gasteiger partial charge in [-0.1, -0.05) is 18.2 Å². The molecule has 3 aliphatic rings. The molecular formula is C26H31FN2O3S. The van der Waals surface area contributed by atoms with E-state index in [0.29, 0.717) is 37.4 Å². The molecule has 0 spiro atoms. The monoisotopic (exact) mass is 470 g/mol. The Kier molecular flexibility index (Phi) is 6.27. The Bertz CT molecular complexity index is 1120. The van der Waals surface area contributed by atoms with E-state index in [1.54, 1.807) is 22.5 Å². The number of carbonyl (C=O) groups is 1. The van der Waals surface area contributed by atoms with Gasteiger partial charge in [0.15, 0.2) is 0 Å². The van der Waals surface area contributed by atoms with Crippen molar-refractivity contribution < 1.29 is 17.6 Å². The summed E-state index contributed by atoms with van der Waals surface area (Å²) in [7, 11) is -3.55. The fourth-order valence-electron chi connectivity index (χ4n) is 5.16. The van der Waals surface area contributed by atoms with E-state index < -0.39 is 10.0 Å². The SMILES string of the molecule is O=C(C1CCN(S(=O)(=O)c2ccc3c(c2)CCCC3)CC1)N(Cc1ccc(F)cc1)C1CC1. The molecule has 5 nitrogen and oxygen atoms in total. The molecule has 0 atom stereocenters. The minimum absolute atomic E-state index is 0.104. The lowest BCUT2D eigenvalue weighted by atomic mass is 9.92. The number of benzene rings is 2. The average molecular weight is 471 g/mol. The molecule has 0 N–H and O–H groups in total. The zero-order chi connectivity index (χ0) is 23.0. The van der Waals surface area contributed by atoms with E-state index in [-0.39, 0.29) is 23.7 Å². The number of carbonyl (C=O) groups excluding carboxylic acids is 1. The van der Waals surface area contributed by atoms with Gasteiger partial charge in [-0.15, -0.1) is 0 Å². The summed E-state index contributed by atoms with van der Waals surface area (Å²) in [6.45, 7) is 1.22. The third-order valence-corrected chi connectivity index (χ3v) is 9.19. The molecule has 0 aromatic heterocycles. The summed E-state index contributed by atoms with van der Waals surface area (Å²) in [5, 5.41) is 0. The number of hydrogen-bond acceptors (Lipinski definition) is 3. The molecule has 2 aromatic carbocycles. The van der Waals surface area contributed by atoms with Crippen LogP contribution >= 0.6 is 0 Å². The van der Waals surface area contributed by atoms with Gasteiger partial charge in [0, 0.05) is 31.6 Å². The Morgan fingerprint density at radius 1 is 0.939 bits per heavy atom. The van der Waals surface area contributed by atoms with Crippen molar-refractivity contribution in [2.45, 2.75) is 68.8 Å². The number of sulfonamides is 1. The molecule has 1 saturated carbocycles. The number of nitrogens with zero attached hydrogens (tertiary/aromatic N) is 2.